The van der Waals surface area contributed by atoms with Crippen molar-refractivity contribution in [2.75, 3.05) is 13.2 Å². The van der Waals surface area contributed by atoms with Crippen molar-refractivity contribution in [1.29, 1.82) is 0 Å². The van der Waals surface area contributed by atoms with Gasteiger partial charge in [-0.25, -0.2) is 0 Å². The fourth-order valence-corrected chi connectivity index (χ4v) is 8.78. The summed E-state index contributed by atoms with van der Waals surface area (Å²) in [5.41, 5.74) is 0. The van der Waals surface area contributed by atoms with E-state index >= 15 is 0 Å². The third-order valence-electron chi connectivity index (χ3n) is 13.5. The molecule has 0 bridgehead atoms. The van der Waals surface area contributed by atoms with Crippen molar-refractivity contribution in [3.05, 3.63) is 48.6 Å². The topological polar surface area (TPSA) is 175 Å². The second-order valence-corrected chi connectivity index (χ2v) is 20.0. The van der Waals surface area contributed by atoms with Crippen LogP contribution >= 0.6 is 0 Å². The molecule has 0 saturated carbocycles. The Kier molecular flexibility index (Phi) is 44.6. The van der Waals surface area contributed by atoms with Crippen LogP contribution in [0.1, 0.15) is 252 Å². The fourth-order valence-electron chi connectivity index (χ4n) is 8.78. The van der Waals surface area contributed by atoms with Crippen molar-refractivity contribution in [2.24, 2.45) is 0 Å². The summed E-state index contributed by atoms with van der Waals surface area (Å²) < 4.78 is 17.5. The summed E-state index contributed by atoms with van der Waals surface area (Å²) in [5.74, 6) is -1.21. The van der Waals surface area contributed by atoms with Gasteiger partial charge in [-0.05, 0) is 77.0 Å². The van der Waals surface area contributed by atoms with Gasteiger partial charge in [-0.2, -0.15) is 0 Å². The summed E-state index contributed by atoms with van der Waals surface area (Å²) in [7, 11) is 0. The SMILES string of the molecule is CCCC/C=C\CCCCCCCC(=O)OC1C(OCC(NC(=O)C(O)CCCCCCCCCC/C=C\C/C=C\CCCCC)C(O)/C=C/CCCCCCCCCCCC)OC(CO)C(O)C1O. The van der Waals surface area contributed by atoms with Crippen molar-refractivity contribution in [3.8, 4) is 0 Å². The zero-order valence-corrected chi connectivity index (χ0v) is 44.9. The van der Waals surface area contributed by atoms with Gasteiger partial charge in [0.2, 0.25) is 5.91 Å². The largest absolute Gasteiger partial charge is 0.454 e. The van der Waals surface area contributed by atoms with E-state index < -0.39 is 67.4 Å². The fraction of sp³-hybridized carbons (Fsp3) is 0.831. The Morgan fingerprint density at radius 3 is 1.54 bits per heavy atom. The van der Waals surface area contributed by atoms with E-state index in [9.17, 15) is 35.1 Å². The first kappa shape index (κ1) is 65.6. The van der Waals surface area contributed by atoms with Gasteiger partial charge in [0, 0.05) is 6.42 Å². The van der Waals surface area contributed by atoms with Crippen LogP contribution in [0.4, 0.5) is 0 Å². The van der Waals surface area contributed by atoms with Gasteiger partial charge in [0.05, 0.1) is 25.4 Å². The number of aliphatic hydroxyl groups is 5. The lowest BCUT2D eigenvalue weighted by Gasteiger charge is -2.41. The van der Waals surface area contributed by atoms with E-state index in [2.05, 4.69) is 62.5 Å². The van der Waals surface area contributed by atoms with Crippen molar-refractivity contribution >= 4 is 11.9 Å². The molecule has 0 aliphatic carbocycles. The lowest BCUT2D eigenvalue weighted by Crippen LogP contribution is -2.61. The van der Waals surface area contributed by atoms with Gasteiger partial charge < -0.3 is 45.1 Å². The van der Waals surface area contributed by atoms with Gasteiger partial charge in [0.15, 0.2) is 12.4 Å². The van der Waals surface area contributed by atoms with Crippen LogP contribution in [-0.4, -0.2) is 99.6 Å². The lowest BCUT2D eigenvalue weighted by molar-refractivity contribution is -0.305. The molecule has 1 aliphatic rings. The molecule has 11 heteroatoms. The van der Waals surface area contributed by atoms with Crippen molar-refractivity contribution in [3.63, 3.8) is 0 Å². The van der Waals surface area contributed by atoms with Crippen LogP contribution in [0.15, 0.2) is 48.6 Å². The number of carbonyl (C=O) groups is 2. The highest BCUT2D eigenvalue weighted by Gasteiger charge is 2.47. The molecule has 0 aromatic rings. The Morgan fingerprint density at radius 1 is 0.557 bits per heavy atom. The van der Waals surface area contributed by atoms with E-state index in [0.717, 1.165) is 89.9 Å². The molecule has 70 heavy (non-hydrogen) atoms. The smallest absolute Gasteiger partial charge is 0.306 e. The van der Waals surface area contributed by atoms with Crippen molar-refractivity contribution in [1.82, 2.24) is 5.32 Å². The van der Waals surface area contributed by atoms with Crippen LogP contribution in [0.25, 0.3) is 0 Å². The number of amides is 1. The van der Waals surface area contributed by atoms with Gasteiger partial charge in [-0.3, -0.25) is 9.59 Å². The Morgan fingerprint density at radius 2 is 1.00 bits per heavy atom. The number of esters is 1. The predicted octanol–water partition coefficient (Wildman–Crippen LogP) is 12.9. The number of hydrogen-bond donors (Lipinski definition) is 6. The molecule has 8 atom stereocenters. The Balaban J connectivity index is 2.72. The minimum absolute atomic E-state index is 0.113. The predicted molar refractivity (Wildman–Crippen MR) is 287 cm³/mol. The van der Waals surface area contributed by atoms with Gasteiger partial charge in [-0.1, -0.05) is 217 Å². The molecule has 1 fully saturated rings. The van der Waals surface area contributed by atoms with Crippen LogP contribution in [0, 0.1) is 0 Å². The first-order valence-electron chi connectivity index (χ1n) is 28.9. The summed E-state index contributed by atoms with van der Waals surface area (Å²) in [6, 6.07) is -1.03. The van der Waals surface area contributed by atoms with Crippen LogP contribution in [-0.2, 0) is 23.8 Å². The summed E-state index contributed by atoms with van der Waals surface area (Å²) >= 11 is 0. The summed E-state index contributed by atoms with van der Waals surface area (Å²) in [4.78, 5) is 26.4. The van der Waals surface area contributed by atoms with Crippen LogP contribution in [0.2, 0.25) is 0 Å². The zero-order valence-electron chi connectivity index (χ0n) is 44.9. The maximum Gasteiger partial charge on any atom is 0.306 e. The molecule has 1 saturated heterocycles. The van der Waals surface area contributed by atoms with Crippen molar-refractivity contribution < 1.29 is 49.3 Å². The highest BCUT2D eigenvalue weighted by molar-refractivity contribution is 5.80. The molecule has 408 valence electrons. The molecule has 0 spiro atoms. The second-order valence-electron chi connectivity index (χ2n) is 20.0. The third-order valence-corrected chi connectivity index (χ3v) is 13.5. The number of unbranched alkanes of at least 4 members (excludes halogenated alkanes) is 28. The molecule has 0 aromatic carbocycles. The monoisotopic (exact) mass is 990 g/mol. The maximum atomic E-state index is 13.4. The van der Waals surface area contributed by atoms with Crippen molar-refractivity contribution in [2.45, 2.75) is 301 Å². The molecule has 0 radical (unpaired) electrons. The summed E-state index contributed by atoms with van der Waals surface area (Å²) in [6.07, 6.45) is 45.8. The van der Waals surface area contributed by atoms with E-state index in [0.29, 0.717) is 12.8 Å². The lowest BCUT2D eigenvalue weighted by atomic mass is 9.99. The molecule has 0 aromatic heterocycles. The van der Waals surface area contributed by atoms with Crippen LogP contribution in [0.3, 0.4) is 0 Å². The Hall–Kier alpha value is -2.38. The van der Waals surface area contributed by atoms with E-state index in [4.69, 9.17) is 14.2 Å². The average molecular weight is 991 g/mol. The molecular weight excluding hydrogens is 883 g/mol. The maximum absolute atomic E-state index is 13.4. The molecule has 1 amide bonds. The number of rotatable bonds is 48. The van der Waals surface area contributed by atoms with Gasteiger partial charge >= 0.3 is 5.97 Å². The number of hydrogen-bond acceptors (Lipinski definition) is 10. The highest BCUT2D eigenvalue weighted by atomic mass is 16.7. The average Bonchev–Trinajstić information content (AvgIpc) is 3.36. The number of nitrogens with one attached hydrogen (secondary N) is 1. The number of allylic oxidation sites excluding steroid dienone is 7. The normalized spacial score (nSPS) is 20.0. The summed E-state index contributed by atoms with van der Waals surface area (Å²) in [6.45, 7) is 5.70. The summed E-state index contributed by atoms with van der Waals surface area (Å²) in [5, 5.41) is 56.8. The number of ether oxygens (including phenoxy) is 3. The molecule has 8 unspecified atom stereocenters. The van der Waals surface area contributed by atoms with Gasteiger partial charge in [0.1, 0.15) is 24.4 Å². The molecule has 1 rings (SSSR count). The van der Waals surface area contributed by atoms with Crippen LogP contribution < -0.4 is 5.32 Å². The molecule has 1 heterocycles. The van der Waals surface area contributed by atoms with E-state index in [1.165, 1.54) is 116 Å². The minimum Gasteiger partial charge on any atom is -0.454 e. The quantitative estimate of drug-likeness (QED) is 0.0196. The Labute approximate surface area is 427 Å². The number of aliphatic hydroxyl groups excluding tert-OH is 5. The molecule has 1 aliphatic heterocycles. The Bertz CT molecular complexity index is 1320. The second kappa shape index (κ2) is 47.6. The first-order valence-corrected chi connectivity index (χ1v) is 28.9. The van der Waals surface area contributed by atoms with E-state index in [1.54, 1.807) is 6.08 Å². The number of carbonyl (C=O) groups excluding carboxylic acids is 2. The molecular formula is C59H107NO10. The van der Waals surface area contributed by atoms with Crippen LogP contribution in [0.5, 0.6) is 0 Å². The third kappa shape index (κ3) is 35.7. The highest BCUT2D eigenvalue weighted by Crippen LogP contribution is 2.26. The minimum atomic E-state index is -1.61. The zero-order chi connectivity index (χ0) is 51.1. The first-order chi connectivity index (χ1) is 34.2. The van der Waals surface area contributed by atoms with Gasteiger partial charge in [0.25, 0.3) is 0 Å². The molecule has 11 nitrogen and oxygen atoms in total. The van der Waals surface area contributed by atoms with E-state index in [-0.39, 0.29) is 19.4 Å². The molecule has 6 N–H and O–H groups in total. The van der Waals surface area contributed by atoms with Gasteiger partial charge in [-0.15, -0.1) is 0 Å². The van der Waals surface area contributed by atoms with E-state index in [1.807, 2.05) is 6.08 Å². The standard InChI is InChI=1S/C59H107NO10/c1-4-7-10-13-16-19-22-24-25-26-27-28-29-32-34-37-40-43-46-52(63)58(67)60-50(51(62)45-42-39-36-33-31-23-20-17-14-11-8-5-2)49-68-59-57(56(66)55(65)53(48-61)69-59)70-54(64)47-44-41-38-35-30-21-18-15-12-9-6-3/h15-16,18-19,24-25,42,45,50-53,55-57,59,61-63,65-66H,4-14,17,20-23,26-41,43-44,46-49H2,1-3H3,(H,60,67)/b18-15-,19-16-,25-24-,45-42+.